The van der Waals surface area contributed by atoms with Crippen molar-refractivity contribution in [1.29, 1.82) is 0 Å². The van der Waals surface area contributed by atoms with Gasteiger partial charge in [-0.25, -0.2) is 9.97 Å². The van der Waals surface area contributed by atoms with Crippen molar-refractivity contribution in [2.45, 2.75) is 27.3 Å². The van der Waals surface area contributed by atoms with E-state index in [4.69, 9.17) is 0 Å². The summed E-state index contributed by atoms with van der Waals surface area (Å²) in [7, 11) is 0. The first kappa shape index (κ1) is 12.6. The van der Waals surface area contributed by atoms with Crippen molar-refractivity contribution in [3.05, 3.63) is 63.7 Å². The first-order valence-electron chi connectivity index (χ1n) is 6.52. The smallest absolute Gasteiger partial charge is 0.258 e. The molecule has 102 valence electrons. The summed E-state index contributed by atoms with van der Waals surface area (Å²) in [5, 5.41) is 0. The highest BCUT2D eigenvalue weighted by Crippen LogP contribution is 2.09. The van der Waals surface area contributed by atoms with E-state index >= 15 is 0 Å². The van der Waals surface area contributed by atoms with Gasteiger partial charge in [0.15, 0.2) is 0 Å². The summed E-state index contributed by atoms with van der Waals surface area (Å²) >= 11 is 0. The van der Waals surface area contributed by atoms with Gasteiger partial charge >= 0.3 is 0 Å². The maximum Gasteiger partial charge on any atom is 0.258 e. The zero-order valence-electron chi connectivity index (χ0n) is 11.8. The van der Waals surface area contributed by atoms with Crippen LogP contribution in [0.1, 0.15) is 22.6 Å². The Morgan fingerprint density at radius 2 is 2.05 bits per heavy atom. The second-order valence-electron chi connectivity index (χ2n) is 5.01. The Hall–Kier alpha value is -2.43. The average Bonchev–Trinajstić information content (AvgIpc) is 2.72. The minimum atomic E-state index is -0.0526. The van der Waals surface area contributed by atoms with Crippen molar-refractivity contribution in [2.75, 3.05) is 0 Å². The van der Waals surface area contributed by atoms with Gasteiger partial charge in [0, 0.05) is 18.0 Å². The van der Waals surface area contributed by atoms with E-state index in [1.807, 2.05) is 37.5 Å². The van der Waals surface area contributed by atoms with Gasteiger partial charge in [-0.1, -0.05) is 6.07 Å². The van der Waals surface area contributed by atoms with E-state index in [-0.39, 0.29) is 5.56 Å². The number of nitrogens with zero attached hydrogens (tertiary/aromatic N) is 4. The maximum atomic E-state index is 12.1. The lowest BCUT2D eigenvalue weighted by Gasteiger charge is -2.08. The zero-order chi connectivity index (χ0) is 14.3. The molecular formula is C15H16N4O. The van der Waals surface area contributed by atoms with Crippen LogP contribution in [0.5, 0.6) is 0 Å². The van der Waals surface area contributed by atoms with Crippen LogP contribution in [-0.2, 0) is 6.54 Å². The van der Waals surface area contributed by atoms with Gasteiger partial charge < -0.3 is 4.57 Å². The Kier molecular flexibility index (Phi) is 2.89. The molecule has 0 bridgehead atoms. The molecule has 0 aromatic carbocycles. The summed E-state index contributed by atoms with van der Waals surface area (Å²) < 4.78 is 3.58. The Labute approximate surface area is 116 Å². The molecule has 0 atom stereocenters. The summed E-state index contributed by atoms with van der Waals surface area (Å²) in [5.74, 6) is 0. The Bertz CT molecular complexity index is 845. The Balaban J connectivity index is 2.11. The minimum Gasteiger partial charge on any atom is -0.329 e. The Morgan fingerprint density at radius 1 is 1.25 bits per heavy atom. The molecule has 5 heteroatoms. The summed E-state index contributed by atoms with van der Waals surface area (Å²) in [6.07, 6.45) is 3.53. The largest absolute Gasteiger partial charge is 0.329 e. The molecule has 0 fully saturated rings. The van der Waals surface area contributed by atoms with Crippen LogP contribution < -0.4 is 5.56 Å². The second kappa shape index (κ2) is 4.59. The molecular weight excluding hydrogens is 252 g/mol. The molecule has 0 aliphatic carbocycles. The van der Waals surface area contributed by atoms with Gasteiger partial charge in [-0.05, 0) is 32.4 Å². The molecule has 0 spiro atoms. The normalized spacial score (nSPS) is 11.2. The van der Waals surface area contributed by atoms with Crippen LogP contribution in [0.3, 0.4) is 0 Å². The molecule has 20 heavy (non-hydrogen) atoms. The van der Waals surface area contributed by atoms with Crippen molar-refractivity contribution in [3.63, 3.8) is 0 Å². The quantitative estimate of drug-likeness (QED) is 0.713. The van der Waals surface area contributed by atoms with E-state index in [1.54, 1.807) is 23.0 Å². The fourth-order valence-electron chi connectivity index (χ4n) is 2.27. The molecule has 0 aliphatic rings. The molecule has 3 aromatic rings. The van der Waals surface area contributed by atoms with Crippen LogP contribution in [0, 0.1) is 20.8 Å². The third-order valence-electron chi connectivity index (χ3n) is 3.62. The Morgan fingerprint density at radius 3 is 2.75 bits per heavy atom. The molecule has 3 aromatic heterocycles. The maximum absolute atomic E-state index is 12.1. The topological polar surface area (TPSA) is 52.2 Å². The van der Waals surface area contributed by atoms with Crippen LogP contribution >= 0.6 is 0 Å². The van der Waals surface area contributed by atoms with Crippen molar-refractivity contribution in [2.24, 2.45) is 0 Å². The molecule has 0 N–H and O–H groups in total. The molecule has 0 saturated heterocycles. The zero-order valence-corrected chi connectivity index (χ0v) is 11.8. The number of aryl methyl sites for hydroxylation is 2. The number of fused-ring (bicyclic) bond motifs is 1. The summed E-state index contributed by atoms with van der Waals surface area (Å²) in [4.78, 5) is 21.0. The van der Waals surface area contributed by atoms with Crippen LogP contribution in [0.15, 0.2) is 35.5 Å². The van der Waals surface area contributed by atoms with E-state index < -0.39 is 0 Å². The predicted molar refractivity (Wildman–Crippen MR) is 77.0 cm³/mol. The SMILES string of the molecule is Cc1ncn(Cc2cc(=O)n3cccc(C)c3n2)c1C. The van der Waals surface area contributed by atoms with Gasteiger partial charge in [0.1, 0.15) is 5.65 Å². The van der Waals surface area contributed by atoms with E-state index in [0.717, 1.165) is 22.6 Å². The van der Waals surface area contributed by atoms with Gasteiger partial charge in [0.2, 0.25) is 0 Å². The predicted octanol–water partition coefficient (Wildman–Crippen LogP) is 1.86. The number of rotatable bonds is 2. The van der Waals surface area contributed by atoms with E-state index in [2.05, 4.69) is 9.97 Å². The third kappa shape index (κ3) is 2.01. The first-order chi connectivity index (χ1) is 9.56. The van der Waals surface area contributed by atoms with Crippen LogP contribution in [0.4, 0.5) is 0 Å². The molecule has 0 saturated carbocycles. The number of imidazole rings is 1. The highest BCUT2D eigenvalue weighted by molar-refractivity contribution is 5.46. The van der Waals surface area contributed by atoms with Crippen LogP contribution in [-0.4, -0.2) is 18.9 Å². The lowest BCUT2D eigenvalue weighted by Crippen LogP contribution is -2.17. The van der Waals surface area contributed by atoms with Crippen molar-refractivity contribution in [3.8, 4) is 0 Å². The van der Waals surface area contributed by atoms with Crippen LogP contribution in [0.25, 0.3) is 5.65 Å². The van der Waals surface area contributed by atoms with Gasteiger partial charge in [0.25, 0.3) is 5.56 Å². The summed E-state index contributed by atoms with van der Waals surface area (Å²) in [6.45, 7) is 6.51. The minimum absolute atomic E-state index is 0.0526. The van der Waals surface area contributed by atoms with Gasteiger partial charge in [-0.3, -0.25) is 9.20 Å². The number of hydrogen-bond donors (Lipinski definition) is 0. The fraction of sp³-hybridized carbons (Fsp3) is 0.267. The molecule has 0 aliphatic heterocycles. The van der Waals surface area contributed by atoms with Crippen molar-refractivity contribution < 1.29 is 0 Å². The molecule has 3 rings (SSSR count). The highest BCUT2D eigenvalue weighted by atomic mass is 16.1. The van der Waals surface area contributed by atoms with Gasteiger partial charge in [-0.2, -0.15) is 0 Å². The summed E-state index contributed by atoms with van der Waals surface area (Å²) in [6, 6.07) is 5.40. The van der Waals surface area contributed by atoms with Gasteiger partial charge in [0.05, 0.1) is 24.3 Å². The fourth-order valence-corrected chi connectivity index (χ4v) is 2.27. The molecule has 3 heterocycles. The lowest BCUT2D eigenvalue weighted by atomic mass is 10.3. The van der Waals surface area contributed by atoms with E-state index in [1.165, 1.54) is 0 Å². The van der Waals surface area contributed by atoms with Crippen LogP contribution in [0.2, 0.25) is 0 Å². The standard InChI is InChI=1S/C15H16N4O/c1-10-5-4-6-19-14(20)7-13(17-15(10)19)8-18-9-16-11(2)12(18)3/h4-7,9H,8H2,1-3H3. The molecule has 0 unspecified atom stereocenters. The van der Waals surface area contributed by atoms with Crippen molar-refractivity contribution in [1.82, 2.24) is 18.9 Å². The molecule has 5 nitrogen and oxygen atoms in total. The van der Waals surface area contributed by atoms with E-state index in [0.29, 0.717) is 12.2 Å². The highest BCUT2D eigenvalue weighted by Gasteiger charge is 2.07. The van der Waals surface area contributed by atoms with Gasteiger partial charge in [-0.15, -0.1) is 0 Å². The monoisotopic (exact) mass is 268 g/mol. The third-order valence-corrected chi connectivity index (χ3v) is 3.62. The second-order valence-corrected chi connectivity index (χ2v) is 5.01. The number of aromatic nitrogens is 4. The van der Waals surface area contributed by atoms with E-state index in [9.17, 15) is 4.79 Å². The van der Waals surface area contributed by atoms with Crippen molar-refractivity contribution >= 4 is 5.65 Å². The molecule has 0 radical (unpaired) electrons. The number of pyridine rings is 1. The first-order valence-corrected chi connectivity index (χ1v) is 6.52. The average molecular weight is 268 g/mol. The lowest BCUT2D eigenvalue weighted by molar-refractivity contribution is 0.744. The molecule has 0 amide bonds. The number of hydrogen-bond acceptors (Lipinski definition) is 3. The summed E-state index contributed by atoms with van der Waals surface area (Å²) in [5.41, 5.74) is 4.50.